The summed E-state index contributed by atoms with van der Waals surface area (Å²) >= 11 is 0. The zero-order chi connectivity index (χ0) is 22.2. The molecule has 172 valence electrons. The molecule has 2 heterocycles. The third kappa shape index (κ3) is 6.57. The first-order valence-electron chi connectivity index (χ1n) is 12.3. The van der Waals surface area contributed by atoms with Crippen molar-refractivity contribution in [3.8, 4) is 11.5 Å². The minimum absolute atomic E-state index is 0.0177. The van der Waals surface area contributed by atoms with Crippen LogP contribution in [0.15, 0.2) is 48.5 Å². The molecule has 5 nitrogen and oxygen atoms in total. The average molecular weight is 436 g/mol. The van der Waals surface area contributed by atoms with E-state index < -0.39 is 0 Å². The van der Waals surface area contributed by atoms with Crippen molar-refractivity contribution in [2.24, 2.45) is 0 Å². The minimum atomic E-state index is -0.0177. The Morgan fingerprint density at radius 2 is 1.72 bits per heavy atom. The molecular weight excluding hydrogens is 398 g/mol. The number of hydrogen-bond donors (Lipinski definition) is 1. The van der Waals surface area contributed by atoms with Crippen LogP contribution in [0.25, 0.3) is 0 Å². The van der Waals surface area contributed by atoms with Crippen LogP contribution in [0.3, 0.4) is 0 Å². The van der Waals surface area contributed by atoms with Crippen LogP contribution in [0.5, 0.6) is 11.5 Å². The third-order valence-electron chi connectivity index (χ3n) is 6.74. The van der Waals surface area contributed by atoms with Gasteiger partial charge in [0, 0.05) is 18.2 Å². The van der Waals surface area contributed by atoms with Crippen LogP contribution >= 0.6 is 0 Å². The minimum Gasteiger partial charge on any atom is -0.457 e. The number of hydrogen-bond acceptors (Lipinski definition) is 4. The Morgan fingerprint density at radius 1 is 0.969 bits per heavy atom. The van der Waals surface area contributed by atoms with E-state index in [0.717, 1.165) is 36.1 Å². The van der Waals surface area contributed by atoms with Gasteiger partial charge in [0.1, 0.15) is 11.5 Å². The fraction of sp³-hybridized carbons (Fsp3) is 0.519. The molecule has 0 aliphatic carbocycles. The van der Waals surface area contributed by atoms with E-state index in [1.807, 2.05) is 55.5 Å². The fourth-order valence-corrected chi connectivity index (χ4v) is 4.89. The molecule has 1 amide bonds. The topological polar surface area (TPSA) is 44.8 Å². The lowest BCUT2D eigenvalue weighted by Gasteiger charge is -2.40. The first-order valence-corrected chi connectivity index (χ1v) is 12.3. The largest absolute Gasteiger partial charge is 0.457 e. The Kier molecular flexibility index (Phi) is 8.18. The van der Waals surface area contributed by atoms with Crippen LogP contribution < -0.4 is 10.1 Å². The molecular formula is C27H37N3O2. The van der Waals surface area contributed by atoms with Crippen LogP contribution in [-0.4, -0.2) is 61.0 Å². The molecule has 0 atom stereocenters. The number of amides is 1. The first kappa shape index (κ1) is 22.8. The highest BCUT2D eigenvalue weighted by molar-refractivity contribution is 5.94. The molecule has 0 bridgehead atoms. The van der Waals surface area contributed by atoms with Gasteiger partial charge in [-0.15, -0.1) is 0 Å². The van der Waals surface area contributed by atoms with Crippen molar-refractivity contribution in [3.63, 3.8) is 0 Å². The second kappa shape index (κ2) is 11.5. The number of piperidine rings is 2. The summed E-state index contributed by atoms with van der Waals surface area (Å²) in [5, 5.41) is 3.06. The van der Waals surface area contributed by atoms with Crippen LogP contribution in [0.4, 0.5) is 0 Å². The Hall–Kier alpha value is -2.37. The molecule has 0 saturated carbocycles. The van der Waals surface area contributed by atoms with Crippen molar-refractivity contribution in [2.75, 3.05) is 39.3 Å². The highest BCUT2D eigenvalue weighted by Crippen LogP contribution is 2.23. The van der Waals surface area contributed by atoms with Crippen molar-refractivity contribution in [3.05, 3.63) is 59.7 Å². The summed E-state index contributed by atoms with van der Waals surface area (Å²) < 4.78 is 5.87. The number of aryl methyl sites for hydroxylation is 1. The van der Waals surface area contributed by atoms with Crippen LogP contribution in [0.2, 0.25) is 0 Å². The van der Waals surface area contributed by atoms with E-state index in [9.17, 15) is 4.79 Å². The van der Waals surface area contributed by atoms with Gasteiger partial charge in [0.05, 0.1) is 0 Å². The fourth-order valence-electron chi connectivity index (χ4n) is 4.89. The second-order valence-electron chi connectivity index (χ2n) is 9.22. The van der Waals surface area contributed by atoms with Gasteiger partial charge in [-0.05, 0) is 114 Å². The van der Waals surface area contributed by atoms with E-state index in [1.54, 1.807) is 0 Å². The number of benzene rings is 2. The van der Waals surface area contributed by atoms with Gasteiger partial charge in [-0.2, -0.15) is 0 Å². The van der Waals surface area contributed by atoms with E-state index in [0.29, 0.717) is 12.1 Å². The highest BCUT2D eigenvalue weighted by Gasteiger charge is 2.25. The van der Waals surface area contributed by atoms with Crippen LogP contribution in [0, 0.1) is 6.92 Å². The summed E-state index contributed by atoms with van der Waals surface area (Å²) in [7, 11) is 0. The normalized spacial score (nSPS) is 18.4. The highest BCUT2D eigenvalue weighted by atomic mass is 16.5. The number of rotatable bonds is 8. The number of carbonyl (C=O) groups is 1. The average Bonchev–Trinajstić information content (AvgIpc) is 2.83. The van der Waals surface area contributed by atoms with Gasteiger partial charge in [-0.1, -0.05) is 18.6 Å². The molecule has 0 radical (unpaired) electrons. The van der Waals surface area contributed by atoms with Gasteiger partial charge in [-0.3, -0.25) is 4.79 Å². The molecule has 2 aromatic rings. The summed E-state index contributed by atoms with van der Waals surface area (Å²) in [4.78, 5) is 17.7. The number of nitrogens with one attached hydrogen (secondary N) is 1. The molecule has 2 saturated heterocycles. The maximum atomic E-state index is 12.5. The van der Waals surface area contributed by atoms with E-state index in [2.05, 4.69) is 15.1 Å². The molecule has 32 heavy (non-hydrogen) atoms. The van der Waals surface area contributed by atoms with Crippen LogP contribution in [0.1, 0.15) is 54.4 Å². The van der Waals surface area contributed by atoms with E-state index in [-0.39, 0.29) is 5.91 Å². The summed E-state index contributed by atoms with van der Waals surface area (Å²) in [5.41, 5.74) is 1.83. The van der Waals surface area contributed by atoms with Gasteiger partial charge in [0.2, 0.25) is 0 Å². The van der Waals surface area contributed by atoms with Crippen molar-refractivity contribution in [2.45, 2.75) is 51.5 Å². The second-order valence-corrected chi connectivity index (χ2v) is 9.22. The third-order valence-corrected chi connectivity index (χ3v) is 6.74. The van der Waals surface area contributed by atoms with Gasteiger partial charge >= 0.3 is 0 Å². The molecule has 2 aliphatic heterocycles. The number of likely N-dealkylation sites (tertiary alicyclic amines) is 2. The van der Waals surface area contributed by atoms with Gasteiger partial charge < -0.3 is 19.9 Å². The molecule has 2 aliphatic rings. The number of carbonyl (C=O) groups excluding carboxylic acids is 1. The zero-order valence-corrected chi connectivity index (χ0v) is 19.4. The Morgan fingerprint density at radius 3 is 2.44 bits per heavy atom. The number of nitrogens with zero attached hydrogens (tertiary/aromatic N) is 2. The van der Waals surface area contributed by atoms with Gasteiger partial charge in [0.15, 0.2) is 0 Å². The zero-order valence-electron chi connectivity index (χ0n) is 19.4. The Bertz CT molecular complexity index is 853. The van der Waals surface area contributed by atoms with E-state index in [4.69, 9.17) is 4.74 Å². The summed E-state index contributed by atoms with van der Waals surface area (Å²) in [6.45, 7) is 8.81. The van der Waals surface area contributed by atoms with Crippen molar-refractivity contribution in [1.82, 2.24) is 15.1 Å². The SMILES string of the molecule is Cc1cccc(Oc2ccc(C(=O)NCCCN3CCC(N4CCCCC4)CC3)cc2)c1. The molecule has 5 heteroatoms. The monoisotopic (exact) mass is 435 g/mol. The number of ether oxygens (including phenoxy) is 1. The van der Waals surface area contributed by atoms with Crippen molar-refractivity contribution < 1.29 is 9.53 Å². The molecule has 0 unspecified atom stereocenters. The van der Waals surface area contributed by atoms with E-state index in [1.165, 1.54) is 58.3 Å². The molecule has 0 aromatic heterocycles. The van der Waals surface area contributed by atoms with Crippen molar-refractivity contribution >= 4 is 5.91 Å². The Balaban J connectivity index is 1.13. The molecule has 0 spiro atoms. The Labute approximate surface area is 192 Å². The molecule has 4 rings (SSSR count). The predicted octanol–water partition coefficient (Wildman–Crippen LogP) is 4.86. The lowest BCUT2D eigenvalue weighted by atomic mass is 10.00. The molecule has 2 aromatic carbocycles. The summed E-state index contributed by atoms with van der Waals surface area (Å²) in [6, 6.07) is 16.1. The van der Waals surface area contributed by atoms with Crippen LogP contribution in [-0.2, 0) is 0 Å². The standard InChI is InChI=1S/C27H37N3O2/c1-22-7-5-8-26(21-22)32-25-11-9-23(10-12-25)27(31)28-15-6-16-29-19-13-24(14-20-29)30-17-3-2-4-18-30/h5,7-12,21,24H,2-4,6,13-20H2,1H3,(H,28,31). The lowest BCUT2D eigenvalue weighted by Crippen LogP contribution is -2.47. The molecule has 1 N–H and O–H groups in total. The van der Waals surface area contributed by atoms with E-state index >= 15 is 0 Å². The first-order chi connectivity index (χ1) is 15.7. The predicted molar refractivity (Wildman–Crippen MR) is 130 cm³/mol. The maximum absolute atomic E-state index is 12.5. The quantitative estimate of drug-likeness (QED) is 0.602. The van der Waals surface area contributed by atoms with Crippen molar-refractivity contribution in [1.29, 1.82) is 0 Å². The summed E-state index contributed by atoms with van der Waals surface area (Å²) in [6.07, 6.45) is 7.75. The van der Waals surface area contributed by atoms with Gasteiger partial charge in [-0.25, -0.2) is 0 Å². The molecule has 2 fully saturated rings. The summed E-state index contributed by atoms with van der Waals surface area (Å²) in [5.74, 6) is 1.53. The smallest absolute Gasteiger partial charge is 0.251 e. The van der Waals surface area contributed by atoms with Gasteiger partial charge in [0.25, 0.3) is 5.91 Å². The maximum Gasteiger partial charge on any atom is 0.251 e. The lowest BCUT2D eigenvalue weighted by molar-refractivity contribution is 0.0903.